The monoisotopic (exact) mass is 339 g/mol. The maximum Gasteiger partial charge on any atom is 0.264 e. The van der Waals surface area contributed by atoms with E-state index in [0.29, 0.717) is 13.1 Å². The van der Waals surface area contributed by atoms with E-state index in [1.165, 1.54) is 0 Å². The average molecular weight is 339 g/mol. The van der Waals surface area contributed by atoms with Gasteiger partial charge in [0.25, 0.3) is 5.91 Å². The molecule has 1 heterocycles. The summed E-state index contributed by atoms with van der Waals surface area (Å²) in [5.41, 5.74) is 1.12. The molecule has 1 atom stereocenters. The fourth-order valence-corrected chi connectivity index (χ4v) is 2.87. The average Bonchev–Trinajstić information content (AvgIpc) is 2.56. The predicted molar refractivity (Wildman–Crippen MR) is 97.9 cm³/mol. The second kappa shape index (κ2) is 7.60. The standard InChI is InChI=1S/C21H25NO3/c1-15(2)20(25-18-11-7-8-16(3)12-18)21(23)22-13-19(14-22)24-17-9-5-4-6-10-17/h4-12,15,19-20H,13-14H2,1-3H3. The van der Waals surface area contributed by atoms with E-state index >= 15 is 0 Å². The number of carbonyl (C=O) groups excluding carboxylic acids is 1. The molecule has 2 aromatic rings. The lowest BCUT2D eigenvalue weighted by atomic mass is 10.0. The van der Waals surface area contributed by atoms with E-state index in [0.717, 1.165) is 17.1 Å². The summed E-state index contributed by atoms with van der Waals surface area (Å²) in [5, 5.41) is 0. The van der Waals surface area contributed by atoms with Crippen LogP contribution in [0.4, 0.5) is 0 Å². The van der Waals surface area contributed by atoms with Crippen LogP contribution in [0.2, 0.25) is 0 Å². The van der Waals surface area contributed by atoms with Gasteiger partial charge in [-0.1, -0.05) is 44.2 Å². The van der Waals surface area contributed by atoms with Crippen LogP contribution in [0.3, 0.4) is 0 Å². The summed E-state index contributed by atoms with van der Waals surface area (Å²) in [5.74, 6) is 1.72. The Hall–Kier alpha value is -2.49. The summed E-state index contributed by atoms with van der Waals surface area (Å²) in [6.45, 7) is 7.24. The maximum atomic E-state index is 12.8. The fraction of sp³-hybridized carbons (Fsp3) is 0.381. The highest BCUT2D eigenvalue weighted by molar-refractivity contribution is 5.82. The van der Waals surface area contributed by atoms with Crippen LogP contribution in [0.25, 0.3) is 0 Å². The summed E-state index contributed by atoms with van der Waals surface area (Å²) >= 11 is 0. The molecule has 0 aliphatic carbocycles. The second-order valence-electron chi connectivity index (χ2n) is 6.90. The molecule has 0 saturated carbocycles. The number of carbonyl (C=O) groups is 1. The minimum Gasteiger partial charge on any atom is -0.487 e. The first kappa shape index (κ1) is 17.3. The Kier molecular flexibility index (Phi) is 5.27. The van der Waals surface area contributed by atoms with E-state index < -0.39 is 6.10 Å². The molecule has 0 aromatic heterocycles. The Morgan fingerprint density at radius 2 is 1.72 bits per heavy atom. The van der Waals surface area contributed by atoms with Crippen LogP contribution < -0.4 is 9.47 Å². The summed E-state index contributed by atoms with van der Waals surface area (Å²) in [7, 11) is 0. The number of aryl methyl sites for hydroxylation is 1. The van der Waals surface area contributed by atoms with Crippen molar-refractivity contribution in [3.8, 4) is 11.5 Å². The molecule has 1 fully saturated rings. The second-order valence-corrected chi connectivity index (χ2v) is 6.90. The SMILES string of the molecule is Cc1cccc(OC(C(=O)N2CC(Oc3ccccc3)C2)C(C)C)c1. The van der Waals surface area contributed by atoms with Gasteiger partial charge in [-0.2, -0.15) is 0 Å². The zero-order valence-electron chi connectivity index (χ0n) is 15.0. The van der Waals surface area contributed by atoms with Crippen molar-refractivity contribution in [3.05, 3.63) is 60.2 Å². The first-order valence-corrected chi connectivity index (χ1v) is 8.77. The van der Waals surface area contributed by atoms with E-state index in [1.54, 1.807) is 0 Å². The summed E-state index contributed by atoms with van der Waals surface area (Å²) in [6.07, 6.45) is -0.419. The van der Waals surface area contributed by atoms with Gasteiger partial charge in [0, 0.05) is 0 Å². The third-order valence-corrected chi connectivity index (χ3v) is 4.31. The van der Waals surface area contributed by atoms with Gasteiger partial charge in [-0.05, 0) is 42.7 Å². The summed E-state index contributed by atoms with van der Waals surface area (Å²) < 4.78 is 11.9. The molecule has 1 aliphatic heterocycles. The highest BCUT2D eigenvalue weighted by atomic mass is 16.5. The Labute approximate surface area is 149 Å². The summed E-state index contributed by atoms with van der Waals surface area (Å²) in [4.78, 5) is 14.6. The molecule has 0 bridgehead atoms. The van der Waals surface area contributed by atoms with Crippen molar-refractivity contribution in [1.29, 1.82) is 0 Å². The van der Waals surface area contributed by atoms with Gasteiger partial charge in [-0.15, -0.1) is 0 Å². The molecule has 1 saturated heterocycles. The lowest BCUT2D eigenvalue weighted by molar-refractivity contribution is -0.149. The van der Waals surface area contributed by atoms with Crippen molar-refractivity contribution in [2.24, 2.45) is 5.92 Å². The van der Waals surface area contributed by atoms with Crippen molar-refractivity contribution in [2.75, 3.05) is 13.1 Å². The molecule has 25 heavy (non-hydrogen) atoms. The van der Waals surface area contributed by atoms with E-state index in [1.807, 2.05) is 80.3 Å². The highest BCUT2D eigenvalue weighted by Gasteiger charge is 2.38. The summed E-state index contributed by atoms with van der Waals surface area (Å²) in [6, 6.07) is 17.5. The maximum absolute atomic E-state index is 12.8. The smallest absolute Gasteiger partial charge is 0.264 e. The van der Waals surface area contributed by atoms with E-state index in [9.17, 15) is 4.79 Å². The van der Waals surface area contributed by atoms with Gasteiger partial charge >= 0.3 is 0 Å². The highest BCUT2D eigenvalue weighted by Crippen LogP contribution is 2.23. The van der Waals surface area contributed by atoms with Crippen molar-refractivity contribution in [1.82, 2.24) is 4.90 Å². The normalized spacial score (nSPS) is 15.6. The van der Waals surface area contributed by atoms with Crippen molar-refractivity contribution < 1.29 is 14.3 Å². The number of nitrogens with zero attached hydrogens (tertiary/aromatic N) is 1. The Morgan fingerprint density at radius 1 is 1.04 bits per heavy atom. The quantitative estimate of drug-likeness (QED) is 0.806. The molecule has 3 rings (SSSR count). The first-order chi connectivity index (χ1) is 12.0. The molecular weight excluding hydrogens is 314 g/mol. The molecule has 0 N–H and O–H groups in total. The number of rotatable bonds is 6. The molecule has 132 valence electrons. The topological polar surface area (TPSA) is 38.8 Å². The van der Waals surface area contributed by atoms with E-state index in [-0.39, 0.29) is 17.9 Å². The molecule has 1 aliphatic rings. The van der Waals surface area contributed by atoms with Crippen molar-refractivity contribution in [3.63, 3.8) is 0 Å². The molecular formula is C21H25NO3. The van der Waals surface area contributed by atoms with Crippen LogP contribution in [-0.2, 0) is 4.79 Å². The van der Waals surface area contributed by atoms with Crippen LogP contribution in [-0.4, -0.2) is 36.1 Å². The first-order valence-electron chi connectivity index (χ1n) is 8.77. The van der Waals surface area contributed by atoms with Gasteiger partial charge in [0.05, 0.1) is 13.1 Å². The third-order valence-electron chi connectivity index (χ3n) is 4.31. The van der Waals surface area contributed by atoms with Crippen LogP contribution in [0.1, 0.15) is 19.4 Å². The fourth-order valence-electron chi connectivity index (χ4n) is 2.87. The zero-order chi connectivity index (χ0) is 17.8. The number of ether oxygens (including phenoxy) is 2. The Balaban J connectivity index is 1.57. The van der Waals surface area contributed by atoms with Crippen LogP contribution in [0.5, 0.6) is 11.5 Å². The molecule has 4 heteroatoms. The number of hydrogen-bond acceptors (Lipinski definition) is 3. The van der Waals surface area contributed by atoms with Crippen LogP contribution in [0, 0.1) is 12.8 Å². The molecule has 1 unspecified atom stereocenters. The van der Waals surface area contributed by atoms with Crippen molar-refractivity contribution >= 4 is 5.91 Å². The predicted octanol–water partition coefficient (Wildman–Crippen LogP) is 3.69. The van der Waals surface area contributed by atoms with Crippen LogP contribution >= 0.6 is 0 Å². The lowest BCUT2D eigenvalue weighted by Gasteiger charge is -2.41. The van der Waals surface area contributed by atoms with Gasteiger partial charge in [-0.3, -0.25) is 4.79 Å². The Morgan fingerprint density at radius 3 is 2.36 bits per heavy atom. The van der Waals surface area contributed by atoms with E-state index in [2.05, 4.69) is 0 Å². The number of likely N-dealkylation sites (tertiary alicyclic amines) is 1. The lowest BCUT2D eigenvalue weighted by Crippen LogP contribution is -2.60. The van der Waals surface area contributed by atoms with Gasteiger partial charge < -0.3 is 14.4 Å². The third kappa shape index (κ3) is 4.32. The largest absolute Gasteiger partial charge is 0.487 e. The number of amides is 1. The van der Waals surface area contributed by atoms with Gasteiger partial charge in [-0.25, -0.2) is 0 Å². The minimum absolute atomic E-state index is 0.0319. The molecule has 0 spiro atoms. The molecule has 2 aromatic carbocycles. The minimum atomic E-state index is -0.473. The van der Waals surface area contributed by atoms with Crippen molar-refractivity contribution in [2.45, 2.75) is 33.0 Å². The van der Waals surface area contributed by atoms with E-state index in [4.69, 9.17) is 9.47 Å². The number of benzene rings is 2. The Bertz CT molecular complexity index is 708. The zero-order valence-corrected chi connectivity index (χ0v) is 15.0. The molecule has 0 radical (unpaired) electrons. The van der Waals surface area contributed by atoms with Crippen LogP contribution in [0.15, 0.2) is 54.6 Å². The van der Waals surface area contributed by atoms with Gasteiger partial charge in [0.1, 0.15) is 17.6 Å². The molecule has 1 amide bonds. The number of para-hydroxylation sites is 1. The van der Waals surface area contributed by atoms with Gasteiger partial charge in [0.2, 0.25) is 0 Å². The van der Waals surface area contributed by atoms with Gasteiger partial charge in [0.15, 0.2) is 6.10 Å². The molecule has 4 nitrogen and oxygen atoms in total. The number of hydrogen-bond donors (Lipinski definition) is 0.